The summed E-state index contributed by atoms with van der Waals surface area (Å²) in [6.07, 6.45) is 4.58. The SMILES string of the molecule is O=S(=O)(c1ccc(Br)cc1Cl)N1CC[NH+](CCc2ccncc2)CC1. The van der Waals surface area contributed by atoms with E-state index in [9.17, 15) is 8.42 Å². The smallest absolute Gasteiger partial charge is 0.244 e. The van der Waals surface area contributed by atoms with E-state index in [4.69, 9.17) is 11.6 Å². The summed E-state index contributed by atoms with van der Waals surface area (Å²) in [4.78, 5) is 5.62. The van der Waals surface area contributed by atoms with Gasteiger partial charge in [0.2, 0.25) is 10.0 Å². The third-order valence-electron chi connectivity index (χ3n) is 4.46. The first-order valence-corrected chi connectivity index (χ1v) is 10.8. The third kappa shape index (κ3) is 4.60. The fourth-order valence-electron chi connectivity index (χ4n) is 2.99. The number of halogens is 2. The lowest BCUT2D eigenvalue weighted by molar-refractivity contribution is -0.903. The predicted molar refractivity (Wildman–Crippen MR) is 101 cm³/mol. The van der Waals surface area contributed by atoms with Crippen molar-refractivity contribution in [2.45, 2.75) is 11.3 Å². The highest BCUT2D eigenvalue weighted by atomic mass is 79.9. The standard InChI is InChI=1S/C17H19BrClN3O2S/c18-15-1-2-17(16(19)13-15)25(23,24)22-11-9-21(10-12-22)8-5-14-3-6-20-7-4-14/h1-4,6-7,13H,5,8-12H2/p+1. The van der Waals surface area contributed by atoms with Crippen LogP contribution in [0.15, 0.2) is 52.1 Å². The second-order valence-corrected chi connectivity index (χ2v) is 9.31. The molecule has 0 saturated carbocycles. The van der Waals surface area contributed by atoms with E-state index in [-0.39, 0.29) is 9.92 Å². The van der Waals surface area contributed by atoms with Crippen LogP contribution in [-0.2, 0) is 16.4 Å². The lowest BCUT2D eigenvalue weighted by Gasteiger charge is -2.31. The Morgan fingerprint density at radius 1 is 1.16 bits per heavy atom. The van der Waals surface area contributed by atoms with Crippen molar-refractivity contribution in [1.29, 1.82) is 0 Å². The van der Waals surface area contributed by atoms with E-state index in [1.165, 1.54) is 14.8 Å². The van der Waals surface area contributed by atoms with E-state index in [0.29, 0.717) is 13.1 Å². The molecule has 1 aliphatic rings. The van der Waals surface area contributed by atoms with Crippen molar-refractivity contribution in [1.82, 2.24) is 9.29 Å². The second kappa shape index (κ2) is 8.14. The molecule has 0 atom stereocenters. The molecule has 5 nitrogen and oxygen atoms in total. The van der Waals surface area contributed by atoms with E-state index in [1.54, 1.807) is 30.6 Å². The molecule has 3 rings (SSSR count). The molecule has 1 aliphatic heterocycles. The number of pyridine rings is 1. The number of rotatable bonds is 5. The number of quaternary nitrogens is 1. The summed E-state index contributed by atoms with van der Waals surface area (Å²) in [5.41, 5.74) is 1.26. The maximum atomic E-state index is 12.8. The molecule has 25 heavy (non-hydrogen) atoms. The van der Waals surface area contributed by atoms with Gasteiger partial charge in [-0.15, -0.1) is 0 Å². The quantitative estimate of drug-likeness (QED) is 0.761. The summed E-state index contributed by atoms with van der Waals surface area (Å²) in [6.45, 7) is 3.63. The first-order valence-electron chi connectivity index (χ1n) is 8.14. The maximum Gasteiger partial charge on any atom is 0.244 e. The van der Waals surface area contributed by atoms with Crippen molar-refractivity contribution in [3.8, 4) is 0 Å². The van der Waals surface area contributed by atoms with Crippen LogP contribution in [0.4, 0.5) is 0 Å². The highest BCUT2D eigenvalue weighted by Gasteiger charge is 2.31. The molecule has 134 valence electrons. The van der Waals surface area contributed by atoms with Crippen LogP contribution in [0.25, 0.3) is 0 Å². The zero-order valence-corrected chi connectivity index (χ0v) is 16.8. The van der Waals surface area contributed by atoms with Gasteiger partial charge >= 0.3 is 0 Å². The highest BCUT2D eigenvalue weighted by molar-refractivity contribution is 9.10. The minimum atomic E-state index is -3.54. The van der Waals surface area contributed by atoms with Gasteiger partial charge in [0.1, 0.15) is 4.90 Å². The molecule has 0 radical (unpaired) electrons. The van der Waals surface area contributed by atoms with E-state index in [2.05, 4.69) is 20.9 Å². The molecular weight excluding hydrogens is 426 g/mol. The van der Waals surface area contributed by atoms with Gasteiger partial charge in [-0.1, -0.05) is 27.5 Å². The normalized spacial score (nSPS) is 16.9. The van der Waals surface area contributed by atoms with Crippen molar-refractivity contribution < 1.29 is 13.3 Å². The zero-order valence-electron chi connectivity index (χ0n) is 13.7. The van der Waals surface area contributed by atoms with Crippen LogP contribution in [0.5, 0.6) is 0 Å². The molecule has 1 fully saturated rings. The Morgan fingerprint density at radius 3 is 2.48 bits per heavy atom. The number of sulfonamides is 1. The Labute approximate surface area is 161 Å². The van der Waals surface area contributed by atoms with Crippen LogP contribution in [-0.4, -0.2) is 50.4 Å². The maximum absolute atomic E-state index is 12.8. The number of hydrogen-bond acceptors (Lipinski definition) is 3. The van der Waals surface area contributed by atoms with Crippen LogP contribution in [0.2, 0.25) is 5.02 Å². The molecule has 8 heteroatoms. The fourth-order valence-corrected chi connectivity index (χ4v) is 5.44. The molecule has 0 bridgehead atoms. The van der Waals surface area contributed by atoms with Crippen molar-refractivity contribution in [2.24, 2.45) is 0 Å². The summed E-state index contributed by atoms with van der Waals surface area (Å²) in [5, 5.41) is 0.252. The molecule has 1 aromatic heterocycles. The van der Waals surface area contributed by atoms with Crippen LogP contribution >= 0.6 is 27.5 Å². The molecule has 1 N–H and O–H groups in total. The number of aromatic nitrogens is 1. The Hall–Kier alpha value is -0.990. The lowest BCUT2D eigenvalue weighted by Crippen LogP contribution is -3.15. The molecule has 2 heterocycles. The van der Waals surface area contributed by atoms with Gasteiger partial charge in [0.15, 0.2) is 0 Å². The summed E-state index contributed by atoms with van der Waals surface area (Å²) < 4.78 is 27.9. The molecule has 0 amide bonds. The van der Waals surface area contributed by atoms with Crippen LogP contribution in [0, 0.1) is 0 Å². The molecule has 0 spiro atoms. The van der Waals surface area contributed by atoms with Crippen molar-refractivity contribution >= 4 is 37.6 Å². The van der Waals surface area contributed by atoms with E-state index in [1.807, 2.05) is 12.1 Å². The predicted octanol–water partition coefficient (Wildman–Crippen LogP) is 1.63. The summed E-state index contributed by atoms with van der Waals surface area (Å²) >= 11 is 9.44. The number of nitrogens with one attached hydrogen (secondary N) is 1. The van der Waals surface area contributed by atoms with E-state index in [0.717, 1.165) is 30.5 Å². The van der Waals surface area contributed by atoms with Crippen LogP contribution in [0.3, 0.4) is 0 Å². The molecule has 0 aliphatic carbocycles. The third-order valence-corrected chi connectivity index (χ3v) is 7.33. The lowest BCUT2D eigenvalue weighted by atomic mass is 10.2. The van der Waals surface area contributed by atoms with Gasteiger partial charge in [-0.2, -0.15) is 4.31 Å². The molecule has 0 unspecified atom stereocenters. The number of hydrogen-bond donors (Lipinski definition) is 1. The van der Waals surface area contributed by atoms with Crippen LogP contribution in [0.1, 0.15) is 5.56 Å². The Balaban J connectivity index is 1.59. The van der Waals surface area contributed by atoms with Crippen LogP contribution < -0.4 is 4.90 Å². The topological polar surface area (TPSA) is 54.7 Å². The van der Waals surface area contributed by atoms with Gasteiger partial charge in [-0.3, -0.25) is 4.98 Å². The average Bonchev–Trinajstić information content (AvgIpc) is 2.61. The first-order chi connectivity index (χ1) is 12.0. The first kappa shape index (κ1) is 18.8. The zero-order chi connectivity index (χ0) is 17.9. The van der Waals surface area contributed by atoms with Crippen molar-refractivity contribution in [2.75, 3.05) is 32.7 Å². The molecular formula is C17H20BrClN3O2S+. The Morgan fingerprint density at radius 2 is 1.84 bits per heavy atom. The van der Waals surface area contributed by atoms with Gasteiger partial charge in [0.05, 0.1) is 37.7 Å². The minimum absolute atomic E-state index is 0.178. The Bertz CT molecular complexity index is 825. The number of benzene rings is 1. The van der Waals surface area contributed by atoms with Crippen molar-refractivity contribution in [3.05, 3.63) is 57.8 Å². The fraction of sp³-hybridized carbons (Fsp3) is 0.353. The van der Waals surface area contributed by atoms with Gasteiger partial charge < -0.3 is 4.90 Å². The van der Waals surface area contributed by atoms with E-state index >= 15 is 0 Å². The van der Waals surface area contributed by atoms with Gasteiger partial charge in [-0.25, -0.2) is 8.42 Å². The van der Waals surface area contributed by atoms with Gasteiger partial charge in [0.25, 0.3) is 0 Å². The van der Waals surface area contributed by atoms with E-state index < -0.39 is 10.0 Å². The number of nitrogens with zero attached hydrogens (tertiary/aromatic N) is 2. The van der Waals surface area contributed by atoms with Gasteiger partial charge in [0, 0.05) is 23.3 Å². The monoisotopic (exact) mass is 444 g/mol. The molecule has 2 aromatic rings. The largest absolute Gasteiger partial charge is 0.332 e. The summed E-state index contributed by atoms with van der Waals surface area (Å²) in [5.74, 6) is 0. The summed E-state index contributed by atoms with van der Waals surface area (Å²) in [6, 6.07) is 8.93. The molecule has 1 saturated heterocycles. The number of piperazine rings is 1. The highest BCUT2D eigenvalue weighted by Crippen LogP contribution is 2.27. The van der Waals surface area contributed by atoms with Gasteiger partial charge in [-0.05, 0) is 35.9 Å². The molecule has 1 aromatic carbocycles. The summed E-state index contributed by atoms with van der Waals surface area (Å²) in [7, 11) is -3.54. The minimum Gasteiger partial charge on any atom is -0.332 e. The second-order valence-electron chi connectivity index (χ2n) is 6.08. The Kier molecular flexibility index (Phi) is 6.12. The average molecular weight is 446 g/mol. The van der Waals surface area contributed by atoms with Crippen molar-refractivity contribution in [3.63, 3.8) is 0 Å².